The third-order valence-corrected chi connectivity index (χ3v) is 3.31. The van der Waals surface area contributed by atoms with Crippen LogP contribution in [0.5, 0.6) is 0 Å². The topological polar surface area (TPSA) is 24.1 Å². The van der Waals surface area contributed by atoms with Crippen LogP contribution >= 0.6 is 22.6 Å². The van der Waals surface area contributed by atoms with Crippen LogP contribution in [0, 0.1) is 9.49 Å². The minimum Gasteiger partial charge on any atom is -0.381 e. The van der Waals surface area contributed by atoms with E-state index in [0.29, 0.717) is 12.0 Å². The molecule has 0 amide bonds. The zero-order valence-electron chi connectivity index (χ0n) is 8.47. The summed E-state index contributed by atoms with van der Waals surface area (Å²) in [4.78, 5) is 0. The molecule has 76 valence electrons. The summed E-state index contributed by atoms with van der Waals surface area (Å²) < 4.78 is 1.28. The number of nitrogens with one attached hydrogen (secondary N) is 2. The maximum atomic E-state index is 3.56. The molecule has 0 aromatic heterocycles. The highest BCUT2D eigenvalue weighted by Gasteiger charge is 2.19. The molecule has 2 nitrogen and oxygen atoms in total. The number of rotatable bonds is 1. The zero-order valence-corrected chi connectivity index (χ0v) is 10.6. The molecule has 0 radical (unpaired) electrons. The Kier molecular flexibility index (Phi) is 2.85. The molecule has 1 aliphatic rings. The van der Waals surface area contributed by atoms with Gasteiger partial charge in [0.05, 0.1) is 11.4 Å². The van der Waals surface area contributed by atoms with E-state index in [1.807, 2.05) is 0 Å². The molecule has 0 bridgehead atoms. The fourth-order valence-electron chi connectivity index (χ4n) is 1.66. The van der Waals surface area contributed by atoms with Crippen LogP contribution in [0.3, 0.4) is 0 Å². The number of fused-ring (bicyclic) bond motifs is 1. The van der Waals surface area contributed by atoms with Crippen LogP contribution in [-0.2, 0) is 0 Å². The van der Waals surface area contributed by atoms with Crippen molar-refractivity contribution in [3.8, 4) is 0 Å². The molecule has 1 atom stereocenters. The Hall–Kier alpha value is -0.450. The van der Waals surface area contributed by atoms with Crippen LogP contribution in [-0.4, -0.2) is 12.6 Å². The molecular formula is C11H15IN2. The molecule has 2 N–H and O–H groups in total. The molecule has 0 aliphatic carbocycles. The van der Waals surface area contributed by atoms with E-state index in [1.54, 1.807) is 0 Å². The van der Waals surface area contributed by atoms with Crippen molar-refractivity contribution in [2.24, 2.45) is 5.92 Å². The maximum Gasteiger partial charge on any atom is 0.0587 e. The number of hydrogen-bond donors (Lipinski definition) is 2. The van der Waals surface area contributed by atoms with Gasteiger partial charge in [0.2, 0.25) is 0 Å². The normalized spacial score (nSPS) is 19.9. The van der Waals surface area contributed by atoms with E-state index in [-0.39, 0.29) is 0 Å². The van der Waals surface area contributed by atoms with Crippen molar-refractivity contribution in [1.82, 2.24) is 0 Å². The van der Waals surface area contributed by atoms with Crippen LogP contribution < -0.4 is 10.6 Å². The van der Waals surface area contributed by atoms with Crippen molar-refractivity contribution >= 4 is 34.0 Å². The van der Waals surface area contributed by atoms with Gasteiger partial charge in [-0.2, -0.15) is 0 Å². The second kappa shape index (κ2) is 3.96. The summed E-state index contributed by atoms with van der Waals surface area (Å²) in [7, 11) is 0. The minimum absolute atomic E-state index is 0.544. The summed E-state index contributed by atoms with van der Waals surface area (Å²) >= 11 is 2.34. The first kappa shape index (κ1) is 10.1. The lowest BCUT2D eigenvalue weighted by molar-refractivity contribution is 0.536. The monoisotopic (exact) mass is 302 g/mol. The summed E-state index contributed by atoms with van der Waals surface area (Å²) in [6.07, 6.45) is 0. The summed E-state index contributed by atoms with van der Waals surface area (Å²) in [6.45, 7) is 5.51. The fourth-order valence-corrected chi connectivity index (χ4v) is 2.15. The average molecular weight is 302 g/mol. The smallest absolute Gasteiger partial charge is 0.0587 e. The lowest BCUT2D eigenvalue weighted by atomic mass is 10.0. The first-order valence-corrected chi connectivity index (χ1v) is 6.04. The molecule has 1 aromatic rings. The van der Waals surface area contributed by atoms with Crippen molar-refractivity contribution in [2.75, 3.05) is 17.2 Å². The van der Waals surface area contributed by atoms with Crippen molar-refractivity contribution in [1.29, 1.82) is 0 Å². The summed E-state index contributed by atoms with van der Waals surface area (Å²) in [6, 6.07) is 7.01. The van der Waals surface area contributed by atoms with Gasteiger partial charge < -0.3 is 10.6 Å². The molecule has 1 aliphatic heterocycles. The fraction of sp³-hybridized carbons (Fsp3) is 0.455. The van der Waals surface area contributed by atoms with Crippen molar-refractivity contribution < 1.29 is 0 Å². The van der Waals surface area contributed by atoms with E-state index in [4.69, 9.17) is 0 Å². The number of hydrogen-bond acceptors (Lipinski definition) is 2. The van der Waals surface area contributed by atoms with E-state index >= 15 is 0 Å². The molecule has 3 heteroatoms. The SMILES string of the molecule is CC(C)C1CNc2cc(I)ccc2N1. The lowest BCUT2D eigenvalue weighted by Crippen LogP contribution is -2.36. The molecule has 14 heavy (non-hydrogen) atoms. The van der Waals surface area contributed by atoms with E-state index < -0.39 is 0 Å². The molecule has 0 saturated heterocycles. The Labute approximate surface area is 98.6 Å². The highest BCUT2D eigenvalue weighted by atomic mass is 127. The van der Waals surface area contributed by atoms with Crippen LogP contribution in [0.1, 0.15) is 13.8 Å². The molecule has 0 saturated carbocycles. The van der Waals surface area contributed by atoms with E-state index in [1.165, 1.54) is 14.9 Å². The zero-order chi connectivity index (χ0) is 10.1. The third-order valence-electron chi connectivity index (χ3n) is 2.64. The predicted octanol–water partition coefficient (Wildman–Crippen LogP) is 3.15. The van der Waals surface area contributed by atoms with Gasteiger partial charge in [-0.3, -0.25) is 0 Å². The minimum atomic E-state index is 0.544. The Balaban J connectivity index is 2.23. The van der Waals surface area contributed by atoms with Crippen molar-refractivity contribution in [3.63, 3.8) is 0 Å². The van der Waals surface area contributed by atoms with Gasteiger partial charge in [-0.1, -0.05) is 13.8 Å². The molecule has 1 heterocycles. The van der Waals surface area contributed by atoms with Crippen LogP contribution in [0.4, 0.5) is 11.4 Å². The quantitative estimate of drug-likeness (QED) is 0.779. The third kappa shape index (κ3) is 1.97. The Bertz CT molecular complexity index is 336. The number of halogens is 1. The maximum absolute atomic E-state index is 3.56. The standard InChI is InChI=1S/C11H15IN2/c1-7(2)11-6-13-10-5-8(12)3-4-9(10)14-11/h3-5,7,11,13-14H,6H2,1-2H3. The van der Waals surface area contributed by atoms with Gasteiger partial charge in [0.15, 0.2) is 0 Å². The van der Waals surface area contributed by atoms with Gasteiger partial charge in [0.25, 0.3) is 0 Å². The van der Waals surface area contributed by atoms with Gasteiger partial charge >= 0.3 is 0 Å². The molecule has 0 spiro atoms. The Morgan fingerprint density at radius 1 is 1.36 bits per heavy atom. The first-order valence-electron chi connectivity index (χ1n) is 4.97. The van der Waals surface area contributed by atoms with Gasteiger partial charge in [0.1, 0.15) is 0 Å². The summed E-state index contributed by atoms with van der Waals surface area (Å²) in [5, 5.41) is 7.03. The highest BCUT2D eigenvalue weighted by Crippen LogP contribution is 2.29. The van der Waals surface area contributed by atoms with Crippen molar-refractivity contribution in [3.05, 3.63) is 21.8 Å². The lowest BCUT2D eigenvalue weighted by Gasteiger charge is -2.31. The van der Waals surface area contributed by atoms with Crippen molar-refractivity contribution in [2.45, 2.75) is 19.9 Å². The Morgan fingerprint density at radius 3 is 2.86 bits per heavy atom. The van der Waals surface area contributed by atoms with Crippen LogP contribution in [0.15, 0.2) is 18.2 Å². The second-order valence-corrected chi connectivity index (χ2v) is 5.31. The predicted molar refractivity (Wildman–Crippen MR) is 69.9 cm³/mol. The molecule has 0 fully saturated rings. The average Bonchev–Trinajstić information content (AvgIpc) is 2.16. The summed E-state index contributed by atoms with van der Waals surface area (Å²) in [5.41, 5.74) is 2.46. The molecular weight excluding hydrogens is 287 g/mol. The number of anilines is 2. The van der Waals surface area contributed by atoms with Gasteiger partial charge in [-0.05, 0) is 46.7 Å². The largest absolute Gasteiger partial charge is 0.381 e. The highest BCUT2D eigenvalue weighted by molar-refractivity contribution is 14.1. The molecule has 1 unspecified atom stereocenters. The molecule has 2 rings (SSSR count). The van der Waals surface area contributed by atoms with Crippen LogP contribution in [0.2, 0.25) is 0 Å². The van der Waals surface area contributed by atoms with Gasteiger partial charge in [-0.15, -0.1) is 0 Å². The molecule has 1 aromatic carbocycles. The van der Waals surface area contributed by atoms with E-state index in [2.05, 4.69) is 65.3 Å². The van der Waals surface area contributed by atoms with E-state index in [0.717, 1.165) is 6.54 Å². The van der Waals surface area contributed by atoms with Crippen LogP contribution in [0.25, 0.3) is 0 Å². The Morgan fingerprint density at radius 2 is 2.14 bits per heavy atom. The summed E-state index contributed by atoms with van der Waals surface area (Å²) in [5.74, 6) is 0.662. The van der Waals surface area contributed by atoms with Gasteiger partial charge in [-0.25, -0.2) is 0 Å². The van der Waals surface area contributed by atoms with E-state index in [9.17, 15) is 0 Å². The first-order chi connectivity index (χ1) is 6.66. The second-order valence-electron chi connectivity index (χ2n) is 4.07. The van der Waals surface area contributed by atoms with Gasteiger partial charge in [0, 0.05) is 16.2 Å². The number of benzene rings is 1.